The van der Waals surface area contributed by atoms with Gasteiger partial charge in [-0.05, 0) is 38.5 Å². The Balaban J connectivity index is 3.36. The highest BCUT2D eigenvalue weighted by Crippen LogP contribution is 2.07. The second kappa shape index (κ2) is 21.1. The van der Waals surface area contributed by atoms with E-state index in [-0.39, 0.29) is 58.2 Å². The highest BCUT2D eigenvalue weighted by molar-refractivity contribution is 5.96. The summed E-state index contributed by atoms with van der Waals surface area (Å²) in [6.45, 7) is 0.894. The lowest BCUT2D eigenvalue weighted by atomic mass is 10.1. The van der Waals surface area contributed by atoms with Gasteiger partial charge in [0.05, 0.1) is 19.6 Å². The molecule has 0 aromatic rings. The van der Waals surface area contributed by atoms with Crippen molar-refractivity contribution < 1.29 is 58.8 Å². The number of rotatable bonds is 12. The normalized spacial score (nSPS) is 20.0. The Hall–Kier alpha value is -4.89. The van der Waals surface area contributed by atoms with E-state index in [1.54, 1.807) is 0 Å². The molecule has 0 aromatic carbocycles. The fourth-order valence-electron chi connectivity index (χ4n) is 4.18. The van der Waals surface area contributed by atoms with Crippen molar-refractivity contribution in [2.45, 2.75) is 77.4 Å². The van der Waals surface area contributed by atoms with Crippen LogP contribution >= 0.6 is 0 Å². The molecular formula is C27H45N9O12. The molecular weight excluding hydrogens is 642 g/mol. The predicted octanol–water partition coefficient (Wildman–Crippen LogP) is -4.14. The molecule has 1 heterocycles. The van der Waals surface area contributed by atoms with Gasteiger partial charge < -0.3 is 31.9 Å². The summed E-state index contributed by atoms with van der Waals surface area (Å²) in [6, 6.07) is -4.11. The van der Waals surface area contributed by atoms with Crippen molar-refractivity contribution in [1.29, 1.82) is 0 Å². The van der Waals surface area contributed by atoms with E-state index in [1.807, 2.05) is 0 Å². The molecule has 0 spiro atoms. The van der Waals surface area contributed by atoms with Crippen molar-refractivity contribution in [2.24, 2.45) is 0 Å². The van der Waals surface area contributed by atoms with Crippen LogP contribution in [0.2, 0.25) is 0 Å². The molecule has 0 aliphatic carbocycles. The molecule has 21 heteroatoms. The molecule has 21 nitrogen and oxygen atoms in total. The minimum absolute atomic E-state index is 0.00612. The summed E-state index contributed by atoms with van der Waals surface area (Å²) in [4.78, 5) is 111. The Morgan fingerprint density at radius 2 is 0.833 bits per heavy atom. The van der Waals surface area contributed by atoms with Crippen LogP contribution in [-0.2, 0) is 43.2 Å². The zero-order valence-electron chi connectivity index (χ0n) is 27.1. The van der Waals surface area contributed by atoms with E-state index < -0.39 is 90.9 Å². The van der Waals surface area contributed by atoms with E-state index in [0.717, 1.165) is 20.8 Å². The van der Waals surface area contributed by atoms with Gasteiger partial charge in [-0.15, -0.1) is 0 Å². The van der Waals surface area contributed by atoms with Crippen LogP contribution in [0.4, 0.5) is 0 Å². The molecule has 1 rings (SSSR count). The predicted molar refractivity (Wildman–Crippen MR) is 160 cm³/mol. The molecule has 1 aliphatic heterocycles. The first-order chi connectivity index (χ1) is 22.5. The van der Waals surface area contributed by atoms with Gasteiger partial charge in [0.1, 0.15) is 18.1 Å². The molecule has 0 radical (unpaired) electrons. The van der Waals surface area contributed by atoms with Crippen LogP contribution in [0, 0.1) is 0 Å². The summed E-state index contributed by atoms with van der Waals surface area (Å²) in [5.41, 5.74) is 0. The number of hydrogen-bond acceptors (Lipinski definition) is 12. The van der Waals surface area contributed by atoms with Gasteiger partial charge in [0.2, 0.25) is 53.2 Å². The number of hydrogen-bond donors (Lipinski definition) is 9. The first-order valence-electron chi connectivity index (χ1n) is 15.1. The van der Waals surface area contributed by atoms with Crippen LogP contribution in [0.3, 0.4) is 0 Å². The molecule has 3 atom stereocenters. The van der Waals surface area contributed by atoms with Crippen molar-refractivity contribution in [2.75, 3.05) is 39.3 Å². The summed E-state index contributed by atoms with van der Waals surface area (Å²) in [6.07, 6.45) is -0.483. The Morgan fingerprint density at radius 1 is 0.521 bits per heavy atom. The van der Waals surface area contributed by atoms with Crippen LogP contribution in [0.1, 0.15) is 59.3 Å². The van der Waals surface area contributed by atoms with Gasteiger partial charge in [0, 0.05) is 40.4 Å². The molecule has 0 unspecified atom stereocenters. The Morgan fingerprint density at radius 3 is 1.21 bits per heavy atom. The molecule has 270 valence electrons. The maximum Gasteiger partial charge on any atom is 0.243 e. The monoisotopic (exact) mass is 687 g/mol. The van der Waals surface area contributed by atoms with Gasteiger partial charge in [-0.2, -0.15) is 0 Å². The molecule has 9 amide bonds. The summed E-state index contributed by atoms with van der Waals surface area (Å²) >= 11 is 0. The lowest BCUT2D eigenvalue weighted by Gasteiger charge is -2.26. The Labute approximate surface area is 275 Å². The first-order valence-corrected chi connectivity index (χ1v) is 15.1. The van der Waals surface area contributed by atoms with E-state index in [0.29, 0.717) is 15.2 Å². The van der Waals surface area contributed by atoms with Crippen LogP contribution in [0.25, 0.3) is 0 Å². The van der Waals surface area contributed by atoms with E-state index in [1.165, 1.54) is 0 Å². The van der Waals surface area contributed by atoms with Gasteiger partial charge in [0.15, 0.2) is 0 Å². The molecule has 9 N–H and O–H groups in total. The minimum Gasteiger partial charge on any atom is -0.346 e. The first kappa shape index (κ1) is 41.1. The highest BCUT2D eigenvalue weighted by atomic mass is 16.5. The van der Waals surface area contributed by atoms with Gasteiger partial charge in [0.25, 0.3) is 0 Å². The quantitative estimate of drug-likeness (QED) is 0.0698. The summed E-state index contributed by atoms with van der Waals surface area (Å²) < 4.78 is 0. The number of nitrogens with one attached hydrogen (secondary N) is 6. The molecule has 0 bridgehead atoms. The fraction of sp³-hybridized carbons (Fsp3) is 0.667. The number of amides is 9. The molecule has 1 aliphatic rings. The van der Waals surface area contributed by atoms with Crippen molar-refractivity contribution in [3.63, 3.8) is 0 Å². The average molecular weight is 688 g/mol. The highest BCUT2D eigenvalue weighted by Gasteiger charge is 2.30. The lowest BCUT2D eigenvalue weighted by Crippen LogP contribution is -2.58. The van der Waals surface area contributed by atoms with E-state index >= 15 is 0 Å². The molecule has 0 saturated carbocycles. The van der Waals surface area contributed by atoms with Crippen molar-refractivity contribution >= 4 is 53.2 Å². The summed E-state index contributed by atoms with van der Waals surface area (Å²) in [5.74, 6) is -7.02. The van der Waals surface area contributed by atoms with E-state index in [9.17, 15) is 58.8 Å². The van der Waals surface area contributed by atoms with Crippen LogP contribution < -0.4 is 31.9 Å². The number of nitrogens with zero attached hydrogens (tertiary/aromatic N) is 3. The third kappa shape index (κ3) is 16.1. The van der Waals surface area contributed by atoms with Gasteiger partial charge in [-0.25, -0.2) is 15.2 Å². The van der Waals surface area contributed by atoms with Crippen molar-refractivity contribution in [3.8, 4) is 0 Å². The Bertz CT molecular complexity index is 1180. The third-order valence-corrected chi connectivity index (χ3v) is 6.91. The molecule has 0 aromatic heterocycles. The maximum atomic E-state index is 13.5. The van der Waals surface area contributed by atoms with Gasteiger partial charge in [-0.3, -0.25) is 58.8 Å². The summed E-state index contributed by atoms with van der Waals surface area (Å²) in [5, 5.41) is 44.5. The van der Waals surface area contributed by atoms with Gasteiger partial charge in [-0.1, -0.05) is 0 Å². The van der Waals surface area contributed by atoms with Crippen LogP contribution in [0.5, 0.6) is 0 Å². The molecule has 1 saturated heterocycles. The van der Waals surface area contributed by atoms with Crippen LogP contribution in [0.15, 0.2) is 0 Å². The number of hydroxylamine groups is 6. The second-order valence-corrected chi connectivity index (χ2v) is 10.9. The number of carbonyl (C=O) groups is 9. The topological polar surface area (TPSA) is 296 Å². The summed E-state index contributed by atoms with van der Waals surface area (Å²) in [7, 11) is 0. The van der Waals surface area contributed by atoms with Crippen molar-refractivity contribution in [3.05, 3.63) is 0 Å². The van der Waals surface area contributed by atoms with Crippen molar-refractivity contribution in [1.82, 2.24) is 47.1 Å². The van der Waals surface area contributed by atoms with Crippen LogP contribution in [-0.4, -0.2) is 141 Å². The largest absolute Gasteiger partial charge is 0.346 e. The molecule has 48 heavy (non-hydrogen) atoms. The number of carbonyl (C=O) groups excluding carboxylic acids is 9. The lowest BCUT2D eigenvalue weighted by molar-refractivity contribution is -0.163. The van der Waals surface area contributed by atoms with E-state index in [2.05, 4.69) is 31.9 Å². The maximum absolute atomic E-state index is 13.5. The Kier molecular flexibility index (Phi) is 18.1. The fourth-order valence-corrected chi connectivity index (χ4v) is 4.18. The van der Waals surface area contributed by atoms with E-state index in [4.69, 9.17) is 0 Å². The standard InChI is InChI=1S/C27H45N9O12/c1-16(37)34(46)10-4-7-19-25(43)30-14-23(41)28-13-22(40)29-15-24(42)31-20(8-5-11-35(47)17(2)38)26(44)33-21(27(45)32-19)9-6-12-36(48)18(3)39/h19-21,46-48H,4-15H2,1-3H3,(H,28,41)(H,29,40)(H,30,43)(H,31,42)(H,32,45)(H,33,44)/t19-,20-,21-/m1/s1. The van der Waals surface area contributed by atoms with Gasteiger partial charge >= 0.3 is 0 Å². The SMILES string of the molecule is CC(=O)N(O)CCC[C@H]1NC(=O)CNC(=O)CNC(=O)CNC(=O)[C@@H](CCCN(O)C(C)=O)NC(=O)[C@@H](CCCN(O)C(C)=O)NC1=O. The zero-order valence-corrected chi connectivity index (χ0v) is 27.1. The smallest absolute Gasteiger partial charge is 0.243 e. The third-order valence-electron chi connectivity index (χ3n) is 6.91. The zero-order chi connectivity index (χ0) is 36.4. The molecule has 1 fully saturated rings. The second-order valence-electron chi connectivity index (χ2n) is 10.9. The minimum atomic E-state index is -1.41. The average Bonchev–Trinajstić information content (AvgIpc) is 3.02.